The third-order valence-corrected chi connectivity index (χ3v) is 3.76. The number of nitro benzene ring substituents is 1. The maximum Gasteiger partial charge on any atom is 0.270 e. The number of hydrogen-bond acceptors (Lipinski definition) is 3. The average Bonchev–Trinajstić information content (AvgIpc) is 2.53. The van der Waals surface area contributed by atoms with Gasteiger partial charge in [0.2, 0.25) is 5.91 Å². The van der Waals surface area contributed by atoms with E-state index in [2.05, 4.69) is 11.4 Å². The Hall–Kier alpha value is -2.95. The van der Waals surface area contributed by atoms with Gasteiger partial charge in [-0.1, -0.05) is 35.9 Å². The fourth-order valence-corrected chi connectivity index (χ4v) is 2.56. The molecule has 2 rings (SSSR count). The maximum atomic E-state index is 12.1. The van der Waals surface area contributed by atoms with Gasteiger partial charge in [0, 0.05) is 18.2 Å². The molecule has 0 aliphatic carbocycles. The van der Waals surface area contributed by atoms with Gasteiger partial charge >= 0.3 is 0 Å². The van der Waals surface area contributed by atoms with Gasteiger partial charge in [0.1, 0.15) is 0 Å². The van der Waals surface area contributed by atoms with E-state index in [0.29, 0.717) is 5.56 Å². The number of nitrogens with zero attached hydrogens (tertiary/aromatic N) is 1. The van der Waals surface area contributed by atoms with Crippen LogP contribution in [-0.4, -0.2) is 10.8 Å². The molecule has 0 fully saturated rings. The van der Waals surface area contributed by atoms with E-state index in [1.165, 1.54) is 23.8 Å². The van der Waals surface area contributed by atoms with Crippen molar-refractivity contribution in [2.75, 3.05) is 0 Å². The molecule has 0 aromatic heterocycles. The summed E-state index contributed by atoms with van der Waals surface area (Å²) >= 11 is 0. The van der Waals surface area contributed by atoms with Gasteiger partial charge in [0.15, 0.2) is 0 Å². The number of non-ortho nitro benzene ring substituents is 1. The lowest BCUT2D eigenvalue weighted by Gasteiger charge is -2.16. The van der Waals surface area contributed by atoms with Crippen LogP contribution in [0.5, 0.6) is 0 Å². The summed E-state index contributed by atoms with van der Waals surface area (Å²) in [6.45, 7) is 5.97. The van der Waals surface area contributed by atoms with Gasteiger partial charge in [0.25, 0.3) is 5.69 Å². The van der Waals surface area contributed by atoms with Crippen LogP contribution >= 0.6 is 0 Å². The second-order valence-corrected chi connectivity index (χ2v) is 5.78. The third-order valence-electron chi connectivity index (χ3n) is 3.76. The number of amides is 1. The molecule has 24 heavy (non-hydrogen) atoms. The normalized spacial score (nSPS) is 12.1. The van der Waals surface area contributed by atoms with E-state index >= 15 is 0 Å². The Morgan fingerprint density at radius 2 is 1.96 bits per heavy atom. The summed E-state index contributed by atoms with van der Waals surface area (Å²) in [4.78, 5) is 22.4. The predicted octanol–water partition coefficient (Wildman–Crippen LogP) is 4.10. The molecule has 1 unspecified atom stereocenters. The van der Waals surface area contributed by atoms with Crippen molar-refractivity contribution in [1.82, 2.24) is 5.32 Å². The zero-order valence-electron chi connectivity index (χ0n) is 13.9. The fraction of sp³-hybridized carbons (Fsp3) is 0.211. The van der Waals surface area contributed by atoms with Crippen LogP contribution in [0.1, 0.15) is 35.2 Å². The molecule has 0 spiro atoms. The number of carbonyl (C=O) groups is 1. The van der Waals surface area contributed by atoms with Crippen molar-refractivity contribution in [3.8, 4) is 0 Å². The van der Waals surface area contributed by atoms with Crippen LogP contribution in [0, 0.1) is 24.0 Å². The molecule has 2 aromatic carbocycles. The zero-order chi connectivity index (χ0) is 17.7. The second kappa shape index (κ2) is 7.55. The number of carbonyl (C=O) groups excluding carboxylic acids is 1. The molecule has 0 bridgehead atoms. The molecule has 0 saturated heterocycles. The standard InChI is InChI=1S/C19H20N2O3/c1-13-7-9-18(14(2)11-13)15(3)20-19(22)10-8-16-5-4-6-17(12-16)21(23)24/h4-12,15H,1-3H3,(H,20,22)/b10-8+. The number of rotatable bonds is 5. The lowest BCUT2D eigenvalue weighted by Crippen LogP contribution is -2.25. The molecule has 1 amide bonds. The van der Waals surface area contributed by atoms with Crippen molar-refractivity contribution in [2.24, 2.45) is 0 Å². The molecule has 5 nitrogen and oxygen atoms in total. The molecule has 124 valence electrons. The topological polar surface area (TPSA) is 72.2 Å². The monoisotopic (exact) mass is 324 g/mol. The average molecular weight is 324 g/mol. The van der Waals surface area contributed by atoms with E-state index in [-0.39, 0.29) is 17.6 Å². The highest BCUT2D eigenvalue weighted by Crippen LogP contribution is 2.19. The largest absolute Gasteiger partial charge is 0.346 e. The molecule has 0 heterocycles. The molecular formula is C19H20N2O3. The first kappa shape index (κ1) is 17.4. The molecule has 1 N–H and O–H groups in total. The molecule has 0 saturated carbocycles. The number of aryl methyl sites for hydroxylation is 2. The van der Waals surface area contributed by atoms with Gasteiger partial charge in [0.05, 0.1) is 11.0 Å². The molecule has 0 radical (unpaired) electrons. The van der Waals surface area contributed by atoms with Crippen LogP contribution in [0.4, 0.5) is 5.69 Å². The van der Waals surface area contributed by atoms with Crippen molar-refractivity contribution >= 4 is 17.7 Å². The molecular weight excluding hydrogens is 304 g/mol. The quantitative estimate of drug-likeness (QED) is 0.511. The Morgan fingerprint density at radius 1 is 1.21 bits per heavy atom. The van der Waals surface area contributed by atoms with E-state index in [1.807, 2.05) is 32.9 Å². The first-order valence-electron chi connectivity index (χ1n) is 7.67. The number of benzene rings is 2. The Bertz CT molecular complexity index is 797. The van der Waals surface area contributed by atoms with E-state index in [9.17, 15) is 14.9 Å². The summed E-state index contributed by atoms with van der Waals surface area (Å²) in [5.41, 5.74) is 3.99. The lowest BCUT2D eigenvalue weighted by molar-refractivity contribution is -0.384. The molecule has 2 aromatic rings. The van der Waals surface area contributed by atoms with Gasteiger partial charge in [-0.2, -0.15) is 0 Å². The van der Waals surface area contributed by atoms with Gasteiger partial charge in [-0.3, -0.25) is 14.9 Å². The summed E-state index contributed by atoms with van der Waals surface area (Å²) in [7, 11) is 0. The van der Waals surface area contributed by atoms with Crippen LogP contribution < -0.4 is 5.32 Å². The molecule has 0 aliphatic heterocycles. The van der Waals surface area contributed by atoms with E-state index in [0.717, 1.165) is 11.1 Å². The van der Waals surface area contributed by atoms with E-state index in [1.54, 1.807) is 18.2 Å². The second-order valence-electron chi connectivity index (χ2n) is 5.78. The van der Waals surface area contributed by atoms with Gasteiger partial charge in [-0.05, 0) is 43.5 Å². The van der Waals surface area contributed by atoms with E-state index < -0.39 is 4.92 Å². The first-order valence-corrected chi connectivity index (χ1v) is 7.67. The lowest BCUT2D eigenvalue weighted by atomic mass is 10.0. The minimum atomic E-state index is -0.459. The maximum absolute atomic E-state index is 12.1. The highest BCUT2D eigenvalue weighted by molar-refractivity contribution is 5.92. The van der Waals surface area contributed by atoms with Crippen LogP contribution in [-0.2, 0) is 4.79 Å². The summed E-state index contributed by atoms with van der Waals surface area (Å²) < 4.78 is 0. The molecule has 5 heteroatoms. The van der Waals surface area contributed by atoms with Gasteiger partial charge in [-0.15, -0.1) is 0 Å². The Morgan fingerprint density at radius 3 is 2.62 bits per heavy atom. The van der Waals surface area contributed by atoms with E-state index in [4.69, 9.17) is 0 Å². The Labute approximate surface area is 141 Å². The minimum Gasteiger partial charge on any atom is -0.346 e. The van der Waals surface area contributed by atoms with Crippen LogP contribution in [0.2, 0.25) is 0 Å². The highest BCUT2D eigenvalue weighted by atomic mass is 16.6. The van der Waals surface area contributed by atoms with Crippen molar-refractivity contribution in [3.05, 3.63) is 80.9 Å². The van der Waals surface area contributed by atoms with Crippen LogP contribution in [0.15, 0.2) is 48.5 Å². The summed E-state index contributed by atoms with van der Waals surface area (Å²) in [6.07, 6.45) is 2.95. The van der Waals surface area contributed by atoms with Crippen molar-refractivity contribution in [2.45, 2.75) is 26.8 Å². The fourth-order valence-electron chi connectivity index (χ4n) is 2.56. The van der Waals surface area contributed by atoms with Crippen LogP contribution in [0.3, 0.4) is 0 Å². The Balaban J connectivity index is 2.04. The first-order chi connectivity index (χ1) is 11.4. The SMILES string of the molecule is Cc1ccc(C(C)NC(=O)/C=C/c2cccc([N+](=O)[O-])c2)c(C)c1. The van der Waals surface area contributed by atoms with Gasteiger partial charge in [-0.25, -0.2) is 0 Å². The number of hydrogen-bond donors (Lipinski definition) is 1. The van der Waals surface area contributed by atoms with Crippen molar-refractivity contribution in [1.29, 1.82) is 0 Å². The third kappa shape index (κ3) is 4.52. The van der Waals surface area contributed by atoms with Crippen LogP contribution in [0.25, 0.3) is 6.08 Å². The van der Waals surface area contributed by atoms with Gasteiger partial charge < -0.3 is 5.32 Å². The molecule has 0 aliphatic rings. The molecule has 1 atom stereocenters. The zero-order valence-corrected chi connectivity index (χ0v) is 13.9. The predicted molar refractivity (Wildman–Crippen MR) is 94.6 cm³/mol. The minimum absolute atomic E-state index is 0.00112. The Kier molecular flexibility index (Phi) is 5.47. The smallest absolute Gasteiger partial charge is 0.270 e. The summed E-state index contributed by atoms with van der Waals surface area (Å²) in [5.74, 6) is -0.242. The number of nitrogens with one attached hydrogen (secondary N) is 1. The summed E-state index contributed by atoms with van der Waals surface area (Å²) in [6, 6.07) is 12.1. The van der Waals surface area contributed by atoms with Crippen molar-refractivity contribution in [3.63, 3.8) is 0 Å². The highest BCUT2D eigenvalue weighted by Gasteiger charge is 2.10. The summed E-state index contributed by atoms with van der Waals surface area (Å²) in [5, 5.41) is 13.7. The van der Waals surface area contributed by atoms with Crippen molar-refractivity contribution < 1.29 is 9.72 Å². The number of nitro groups is 1.